The maximum atomic E-state index is 8.44. The molecule has 0 saturated carbocycles. The van der Waals surface area contributed by atoms with Crippen LogP contribution >= 0.6 is 23.2 Å². The minimum absolute atomic E-state index is 0.407. The molecular weight excluding hydrogens is 285 g/mol. The Labute approximate surface area is 121 Å². The lowest BCUT2D eigenvalue weighted by Crippen LogP contribution is -1.96. The molecule has 0 aliphatic carbocycles. The molecule has 0 aromatic heterocycles. The van der Waals surface area contributed by atoms with E-state index in [4.69, 9.17) is 33.1 Å². The molecule has 0 heterocycles. The molecule has 5 heteroatoms. The van der Waals surface area contributed by atoms with Gasteiger partial charge in [-0.25, -0.2) is 0 Å². The first-order valence-corrected chi connectivity index (χ1v) is 6.29. The van der Waals surface area contributed by atoms with Crippen molar-refractivity contribution < 1.29 is 9.94 Å². The van der Waals surface area contributed by atoms with E-state index in [0.29, 0.717) is 28.0 Å². The molecule has 98 valence electrons. The largest absolute Gasteiger partial charge is 0.487 e. The van der Waals surface area contributed by atoms with Gasteiger partial charge in [-0.3, -0.25) is 0 Å². The van der Waals surface area contributed by atoms with E-state index in [1.165, 1.54) is 6.21 Å². The third-order valence-electron chi connectivity index (χ3n) is 2.47. The normalized spacial score (nSPS) is 10.8. The first-order valence-electron chi connectivity index (χ1n) is 5.53. The predicted molar refractivity (Wildman–Crippen MR) is 76.6 cm³/mol. The molecule has 0 bridgehead atoms. The van der Waals surface area contributed by atoms with Crippen LogP contribution in [0.5, 0.6) is 5.75 Å². The summed E-state index contributed by atoms with van der Waals surface area (Å²) >= 11 is 11.9. The summed E-state index contributed by atoms with van der Waals surface area (Å²) in [5.41, 5.74) is 1.70. The summed E-state index contributed by atoms with van der Waals surface area (Å²) in [5, 5.41) is 12.5. The molecule has 0 atom stereocenters. The Morgan fingerprint density at radius 1 is 1.11 bits per heavy atom. The van der Waals surface area contributed by atoms with Crippen LogP contribution in [0.4, 0.5) is 0 Å². The number of nitrogens with zero attached hydrogens (tertiary/aromatic N) is 1. The van der Waals surface area contributed by atoms with Crippen LogP contribution in [0, 0.1) is 0 Å². The van der Waals surface area contributed by atoms with E-state index in [-0.39, 0.29) is 0 Å². The van der Waals surface area contributed by atoms with Crippen LogP contribution in [0.1, 0.15) is 11.1 Å². The average molecular weight is 296 g/mol. The van der Waals surface area contributed by atoms with Gasteiger partial charge in [0.1, 0.15) is 12.4 Å². The molecule has 19 heavy (non-hydrogen) atoms. The summed E-state index contributed by atoms with van der Waals surface area (Å²) in [6.07, 6.45) is 1.30. The zero-order valence-electron chi connectivity index (χ0n) is 9.88. The van der Waals surface area contributed by atoms with Gasteiger partial charge in [-0.2, -0.15) is 0 Å². The van der Waals surface area contributed by atoms with Crippen molar-refractivity contribution in [1.29, 1.82) is 0 Å². The van der Waals surface area contributed by atoms with Gasteiger partial charge in [-0.15, -0.1) is 0 Å². The highest BCUT2D eigenvalue weighted by atomic mass is 35.5. The molecule has 0 aliphatic rings. The van der Waals surface area contributed by atoms with E-state index in [1.54, 1.807) is 18.2 Å². The lowest BCUT2D eigenvalue weighted by molar-refractivity contribution is 0.306. The standard InChI is InChI=1S/C14H11Cl2NO2/c15-12-4-1-10(2-5-12)9-19-14-6-3-11(8-17-18)7-13(14)16/h1-8,18H,9H2. The summed E-state index contributed by atoms with van der Waals surface area (Å²) < 4.78 is 5.61. The van der Waals surface area contributed by atoms with Crippen LogP contribution in [0.25, 0.3) is 0 Å². The zero-order chi connectivity index (χ0) is 13.7. The number of halogens is 2. The minimum Gasteiger partial charge on any atom is -0.487 e. The Bertz CT molecular complexity index is 582. The molecule has 0 aliphatic heterocycles. The van der Waals surface area contributed by atoms with Crippen molar-refractivity contribution in [3.05, 3.63) is 63.6 Å². The van der Waals surface area contributed by atoms with E-state index >= 15 is 0 Å². The van der Waals surface area contributed by atoms with Gasteiger partial charge in [0.25, 0.3) is 0 Å². The number of hydrogen-bond acceptors (Lipinski definition) is 3. The van der Waals surface area contributed by atoms with E-state index < -0.39 is 0 Å². The summed E-state index contributed by atoms with van der Waals surface area (Å²) in [7, 11) is 0. The molecule has 2 aromatic rings. The van der Waals surface area contributed by atoms with E-state index in [9.17, 15) is 0 Å². The molecule has 1 N–H and O–H groups in total. The van der Waals surface area contributed by atoms with Gasteiger partial charge in [-0.05, 0) is 41.5 Å². The van der Waals surface area contributed by atoms with E-state index in [2.05, 4.69) is 5.16 Å². The van der Waals surface area contributed by atoms with Crippen molar-refractivity contribution in [2.45, 2.75) is 6.61 Å². The molecule has 3 nitrogen and oxygen atoms in total. The second kappa shape index (κ2) is 6.45. The number of benzene rings is 2. The highest BCUT2D eigenvalue weighted by molar-refractivity contribution is 6.32. The monoisotopic (exact) mass is 295 g/mol. The van der Waals surface area contributed by atoms with Crippen molar-refractivity contribution >= 4 is 29.4 Å². The van der Waals surface area contributed by atoms with Crippen molar-refractivity contribution in [2.75, 3.05) is 0 Å². The van der Waals surface area contributed by atoms with Gasteiger partial charge in [0, 0.05) is 5.02 Å². The molecule has 0 fully saturated rings. The predicted octanol–water partition coefficient (Wildman–Crippen LogP) is 4.38. The third kappa shape index (κ3) is 3.88. The fourth-order valence-corrected chi connectivity index (χ4v) is 1.89. The highest BCUT2D eigenvalue weighted by Crippen LogP contribution is 2.26. The van der Waals surface area contributed by atoms with Crippen molar-refractivity contribution in [2.24, 2.45) is 5.16 Å². The highest BCUT2D eigenvalue weighted by Gasteiger charge is 2.03. The fraction of sp³-hybridized carbons (Fsp3) is 0.0714. The van der Waals surface area contributed by atoms with Crippen LogP contribution in [-0.2, 0) is 6.61 Å². The second-order valence-corrected chi connectivity index (χ2v) is 4.69. The molecule has 0 unspecified atom stereocenters. The van der Waals surface area contributed by atoms with Crippen molar-refractivity contribution in [1.82, 2.24) is 0 Å². The maximum absolute atomic E-state index is 8.44. The topological polar surface area (TPSA) is 41.8 Å². The molecule has 0 spiro atoms. The van der Waals surface area contributed by atoms with Crippen molar-refractivity contribution in [3.63, 3.8) is 0 Å². The quantitative estimate of drug-likeness (QED) is 0.517. The summed E-state index contributed by atoms with van der Waals surface area (Å²) in [5.74, 6) is 0.576. The number of hydrogen-bond donors (Lipinski definition) is 1. The molecule has 0 radical (unpaired) electrons. The van der Waals surface area contributed by atoms with Crippen LogP contribution in [0.3, 0.4) is 0 Å². The summed E-state index contributed by atoms with van der Waals surface area (Å²) in [6.45, 7) is 0.407. The van der Waals surface area contributed by atoms with Gasteiger partial charge in [0.05, 0.1) is 11.2 Å². The lowest BCUT2D eigenvalue weighted by atomic mass is 10.2. The summed E-state index contributed by atoms with van der Waals surface area (Å²) in [6, 6.07) is 12.5. The molecule has 2 rings (SSSR count). The summed E-state index contributed by atoms with van der Waals surface area (Å²) in [4.78, 5) is 0. The van der Waals surface area contributed by atoms with Gasteiger partial charge in [0.15, 0.2) is 0 Å². The smallest absolute Gasteiger partial charge is 0.138 e. The molecule has 0 saturated heterocycles. The Kier molecular flexibility index (Phi) is 4.66. The number of ether oxygens (including phenoxy) is 1. The molecule has 2 aromatic carbocycles. The van der Waals surface area contributed by atoms with Crippen LogP contribution in [0.15, 0.2) is 47.6 Å². The minimum atomic E-state index is 0.407. The molecular formula is C14H11Cl2NO2. The average Bonchev–Trinajstić information content (AvgIpc) is 2.40. The zero-order valence-corrected chi connectivity index (χ0v) is 11.4. The Morgan fingerprint density at radius 2 is 1.84 bits per heavy atom. The van der Waals surface area contributed by atoms with Crippen LogP contribution in [-0.4, -0.2) is 11.4 Å². The van der Waals surface area contributed by atoms with E-state index in [1.807, 2.05) is 24.3 Å². The fourth-order valence-electron chi connectivity index (χ4n) is 1.52. The van der Waals surface area contributed by atoms with Gasteiger partial charge in [0.2, 0.25) is 0 Å². The molecule has 0 amide bonds. The van der Waals surface area contributed by atoms with Gasteiger partial charge in [-0.1, -0.05) is 40.5 Å². The number of oxime groups is 1. The van der Waals surface area contributed by atoms with Crippen molar-refractivity contribution in [3.8, 4) is 5.75 Å². The van der Waals surface area contributed by atoms with E-state index in [0.717, 1.165) is 5.56 Å². The third-order valence-corrected chi connectivity index (χ3v) is 3.02. The van der Waals surface area contributed by atoms with Gasteiger partial charge >= 0.3 is 0 Å². The second-order valence-electron chi connectivity index (χ2n) is 3.85. The van der Waals surface area contributed by atoms with Crippen LogP contribution < -0.4 is 4.74 Å². The lowest BCUT2D eigenvalue weighted by Gasteiger charge is -2.08. The Hall–Kier alpha value is -1.71. The number of rotatable bonds is 4. The first-order chi connectivity index (χ1) is 9.19. The Morgan fingerprint density at radius 3 is 2.47 bits per heavy atom. The Balaban J connectivity index is 2.05. The maximum Gasteiger partial charge on any atom is 0.138 e. The SMILES string of the molecule is ON=Cc1ccc(OCc2ccc(Cl)cc2)c(Cl)c1. The van der Waals surface area contributed by atoms with Crippen LogP contribution in [0.2, 0.25) is 10.0 Å². The first kappa shape index (κ1) is 13.7. The van der Waals surface area contributed by atoms with Gasteiger partial charge < -0.3 is 9.94 Å².